The van der Waals surface area contributed by atoms with Gasteiger partial charge in [-0.1, -0.05) is 71.6 Å². The van der Waals surface area contributed by atoms with E-state index in [0.717, 1.165) is 6.54 Å². The fourth-order valence-corrected chi connectivity index (χ4v) is 3.40. The van der Waals surface area contributed by atoms with Gasteiger partial charge in [-0.3, -0.25) is 0 Å². The average Bonchev–Trinajstić information content (AvgIpc) is 2.96. The molecule has 1 heterocycles. The van der Waals surface area contributed by atoms with Crippen LogP contribution in [-0.4, -0.2) is 4.57 Å². The predicted octanol–water partition coefficient (Wildman–Crippen LogP) is 6.06. The first kappa shape index (κ1) is 20.3. The molecule has 0 unspecified atom stereocenters. The van der Waals surface area contributed by atoms with Crippen molar-refractivity contribution in [2.24, 2.45) is 0 Å². The third-order valence-electron chi connectivity index (χ3n) is 4.94. The van der Waals surface area contributed by atoms with Gasteiger partial charge in [0.25, 0.3) is 5.82 Å². The van der Waals surface area contributed by atoms with Gasteiger partial charge >= 0.3 is 0 Å². The molecule has 0 aliphatic heterocycles. The zero-order chi connectivity index (χ0) is 16.8. The van der Waals surface area contributed by atoms with Gasteiger partial charge in [0.1, 0.15) is 12.4 Å². The molecule has 2 heteroatoms. The summed E-state index contributed by atoms with van der Waals surface area (Å²) >= 11 is 0. The van der Waals surface area contributed by atoms with Gasteiger partial charge in [-0.15, -0.1) is 0 Å². The molecule has 0 bridgehead atoms. The largest absolute Gasteiger partial charge is 0.256 e. The highest BCUT2D eigenvalue weighted by Gasteiger charge is 2.14. The van der Waals surface area contributed by atoms with Crippen LogP contribution in [0.1, 0.15) is 104 Å². The molecule has 0 fully saturated rings. The van der Waals surface area contributed by atoms with Crippen LogP contribution in [0.2, 0.25) is 0 Å². The highest BCUT2D eigenvalue weighted by molar-refractivity contribution is 4.83. The lowest BCUT2D eigenvalue weighted by atomic mass is 10.1. The van der Waals surface area contributed by atoms with Crippen molar-refractivity contribution in [2.75, 3.05) is 0 Å². The van der Waals surface area contributed by atoms with Crippen LogP contribution in [0.3, 0.4) is 0 Å². The van der Waals surface area contributed by atoms with Crippen LogP contribution in [0.5, 0.6) is 0 Å². The number of aromatic nitrogens is 2. The van der Waals surface area contributed by atoms with Gasteiger partial charge in [0.2, 0.25) is 0 Å². The summed E-state index contributed by atoms with van der Waals surface area (Å²) in [7, 11) is 0. The Kier molecular flexibility index (Phi) is 12.0. The van der Waals surface area contributed by atoms with Crippen LogP contribution < -0.4 is 4.57 Å². The first-order chi connectivity index (χ1) is 11.3. The normalized spacial score (nSPS) is 11.3. The van der Waals surface area contributed by atoms with Gasteiger partial charge < -0.3 is 0 Å². The second kappa shape index (κ2) is 13.6. The molecule has 134 valence electrons. The van der Waals surface area contributed by atoms with Gasteiger partial charge in [-0.2, -0.15) is 0 Å². The number of imidazole rings is 1. The minimum Gasteiger partial charge on any atom is -0.235 e. The van der Waals surface area contributed by atoms with Gasteiger partial charge in [-0.05, 0) is 26.2 Å². The maximum atomic E-state index is 2.52. The van der Waals surface area contributed by atoms with Gasteiger partial charge in [0.15, 0.2) is 0 Å². The summed E-state index contributed by atoms with van der Waals surface area (Å²) in [5.74, 6) is 1.55. The third-order valence-corrected chi connectivity index (χ3v) is 4.94. The second-order valence-corrected chi connectivity index (χ2v) is 6.98. The molecule has 2 nitrogen and oxygen atoms in total. The van der Waals surface area contributed by atoms with Crippen LogP contribution >= 0.6 is 0 Å². The molecule has 0 radical (unpaired) electrons. The summed E-state index contributed by atoms with van der Waals surface area (Å²) in [6.45, 7) is 9.16. The van der Waals surface area contributed by atoms with Crippen LogP contribution in [-0.2, 0) is 19.5 Å². The molecule has 0 N–H and O–H groups in total. The maximum Gasteiger partial charge on any atom is 0.256 e. The zero-order valence-electron chi connectivity index (χ0n) is 16.2. The van der Waals surface area contributed by atoms with E-state index in [9.17, 15) is 0 Å². The standard InChI is InChI=1S/C21H41N2/c1-4-7-9-11-12-13-14-16-18-23-20-19-22(6-3)21(23)17-15-10-8-5-2/h19-20H,4-18H2,1-3H3/q+1. The van der Waals surface area contributed by atoms with E-state index in [4.69, 9.17) is 0 Å². The molecule has 0 aliphatic rings. The Morgan fingerprint density at radius 1 is 0.739 bits per heavy atom. The first-order valence-corrected chi connectivity index (χ1v) is 10.4. The summed E-state index contributed by atoms with van der Waals surface area (Å²) in [5, 5.41) is 0. The van der Waals surface area contributed by atoms with Crippen LogP contribution in [0.25, 0.3) is 0 Å². The minimum absolute atomic E-state index is 1.10. The van der Waals surface area contributed by atoms with E-state index in [1.807, 2.05) is 0 Å². The molecule has 0 saturated heterocycles. The number of hydrogen-bond acceptors (Lipinski definition) is 0. The Bertz CT molecular complexity index is 381. The van der Waals surface area contributed by atoms with Crippen molar-refractivity contribution in [3.05, 3.63) is 18.2 Å². The van der Waals surface area contributed by atoms with E-state index in [1.54, 1.807) is 5.82 Å². The molecular formula is C21H41N2+. The molecule has 1 aromatic rings. The Morgan fingerprint density at radius 3 is 1.91 bits per heavy atom. The topological polar surface area (TPSA) is 8.81 Å². The second-order valence-electron chi connectivity index (χ2n) is 6.98. The average molecular weight is 322 g/mol. The van der Waals surface area contributed by atoms with Crippen molar-refractivity contribution in [1.29, 1.82) is 0 Å². The summed E-state index contributed by atoms with van der Waals surface area (Å²) in [5.41, 5.74) is 0. The monoisotopic (exact) mass is 321 g/mol. The third kappa shape index (κ3) is 8.58. The number of unbranched alkanes of at least 4 members (excludes halogenated alkanes) is 10. The Hall–Kier alpha value is -0.790. The number of nitrogens with zero attached hydrogens (tertiary/aromatic N) is 2. The first-order valence-electron chi connectivity index (χ1n) is 10.4. The molecule has 0 amide bonds. The molecule has 1 aromatic heterocycles. The predicted molar refractivity (Wildman–Crippen MR) is 101 cm³/mol. The molecule has 0 atom stereocenters. The van der Waals surface area contributed by atoms with Crippen molar-refractivity contribution >= 4 is 0 Å². The van der Waals surface area contributed by atoms with Gasteiger partial charge in [0.05, 0.1) is 13.1 Å². The van der Waals surface area contributed by atoms with E-state index in [1.165, 1.54) is 90.0 Å². The Balaban J connectivity index is 2.25. The van der Waals surface area contributed by atoms with Gasteiger partial charge in [-0.25, -0.2) is 9.13 Å². The van der Waals surface area contributed by atoms with E-state index in [2.05, 4.69) is 42.3 Å². The fourth-order valence-electron chi connectivity index (χ4n) is 3.40. The van der Waals surface area contributed by atoms with E-state index in [-0.39, 0.29) is 0 Å². The zero-order valence-corrected chi connectivity index (χ0v) is 16.2. The summed E-state index contributed by atoms with van der Waals surface area (Å²) < 4.78 is 4.96. The number of rotatable bonds is 15. The quantitative estimate of drug-likeness (QED) is 0.274. The summed E-state index contributed by atoms with van der Waals surface area (Å²) in [6, 6.07) is 0. The molecule has 0 aliphatic carbocycles. The molecule has 1 rings (SSSR count). The van der Waals surface area contributed by atoms with Crippen molar-refractivity contribution in [3.8, 4) is 0 Å². The lowest BCUT2D eigenvalue weighted by Crippen LogP contribution is -2.37. The van der Waals surface area contributed by atoms with Crippen molar-refractivity contribution in [2.45, 2.75) is 117 Å². The van der Waals surface area contributed by atoms with Crippen molar-refractivity contribution in [3.63, 3.8) is 0 Å². The Morgan fingerprint density at radius 2 is 1.30 bits per heavy atom. The number of aryl methyl sites for hydroxylation is 2. The van der Waals surface area contributed by atoms with Crippen LogP contribution in [0, 0.1) is 0 Å². The Labute approximate surface area is 145 Å². The molecule has 0 spiro atoms. The van der Waals surface area contributed by atoms with Crippen LogP contribution in [0.4, 0.5) is 0 Å². The van der Waals surface area contributed by atoms with Crippen LogP contribution in [0.15, 0.2) is 12.4 Å². The van der Waals surface area contributed by atoms with Crippen molar-refractivity contribution in [1.82, 2.24) is 4.57 Å². The summed E-state index contributed by atoms with van der Waals surface area (Å²) in [4.78, 5) is 0. The van der Waals surface area contributed by atoms with E-state index >= 15 is 0 Å². The number of hydrogen-bond donors (Lipinski definition) is 0. The fraction of sp³-hybridized carbons (Fsp3) is 0.857. The molecule has 0 aromatic carbocycles. The summed E-state index contributed by atoms with van der Waals surface area (Å²) in [6.07, 6.45) is 22.5. The molecule has 0 saturated carbocycles. The SMILES string of the molecule is CCCCCCCCCC[n+]1ccn(CC)c1CCCCCC. The highest BCUT2D eigenvalue weighted by Crippen LogP contribution is 2.09. The van der Waals surface area contributed by atoms with E-state index in [0.29, 0.717) is 0 Å². The van der Waals surface area contributed by atoms with Crippen molar-refractivity contribution < 1.29 is 4.57 Å². The van der Waals surface area contributed by atoms with E-state index < -0.39 is 0 Å². The lowest BCUT2D eigenvalue weighted by Gasteiger charge is -2.05. The smallest absolute Gasteiger partial charge is 0.235 e. The highest BCUT2D eigenvalue weighted by atomic mass is 15.1. The molecular weight excluding hydrogens is 280 g/mol. The minimum atomic E-state index is 1.10. The van der Waals surface area contributed by atoms with Gasteiger partial charge in [0, 0.05) is 6.42 Å². The molecule has 23 heavy (non-hydrogen) atoms. The lowest BCUT2D eigenvalue weighted by molar-refractivity contribution is -0.704. The maximum absolute atomic E-state index is 2.52.